The molecule has 2 aromatic rings. The highest BCUT2D eigenvalue weighted by Crippen LogP contribution is 2.20. The highest BCUT2D eigenvalue weighted by molar-refractivity contribution is 8.00. The van der Waals surface area contributed by atoms with Gasteiger partial charge in [-0.05, 0) is 67.8 Å². The van der Waals surface area contributed by atoms with Crippen LogP contribution in [-0.4, -0.2) is 24.0 Å². The zero-order chi connectivity index (χ0) is 17.5. The topological polar surface area (TPSA) is 38.3 Å². The molecule has 1 atom stereocenters. The highest BCUT2D eigenvalue weighted by Gasteiger charge is 2.14. The molecule has 2 rings (SSSR count). The lowest BCUT2D eigenvalue weighted by molar-refractivity contribution is -0.115. The van der Waals surface area contributed by atoms with Gasteiger partial charge in [-0.2, -0.15) is 0 Å². The fraction of sp³-hybridized carbons (Fsp3) is 0.350. The third-order valence-electron chi connectivity index (χ3n) is 3.94. The number of hydrogen-bond acceptors (Lipinski definition) is 3. The van der Waals surface area contributed by atoms with Gasteiger partial charge in [-0.15, -0.1) is 11.8 Å². The first-order chi connectivity index (χ1) is 11.5. The molecule has 0 saturated carbocycles. The fourth-order valence-corrected chi connectivity index (χ4v) is 3.24. The lowest BCUT2D eigenvalue weighted by Crippen LogP contribution is -2.23. The van der Waals surface area contributed by atoms with Gasteiger partial charge in [0.2, 0.25) is 5.91 Å². The van der Waals surface area contributed by atoms with Crippen molar-refractivity contribution in [2.45, 2.75) is 32.4 Å². The maximum atomic E-state index is 12.4. The zero-order valence-electron chi connectivity index (χ0n) is 14.8. The largest absolute Gasteiger partial charge is 0.497 e. The molecule has 0 aliphatic rings. The smallest absolute Gasteiger partial charge is 0.237 e. The number of carbonyl (C=O) groups is 1. The first-order valence-corrected chi connectivity index (χ1v) is 9.17. The molecule has 1 N–H and O–H groups in total. The molecule has 0 radical (unpaired) electrons. The standard InChI is InChI=1S/C20H25NO2S/c1-14-5-6-15(2)19(13-14)21-20(22)16(3)24-12-11-17-7-9-18(23-4)10-8-17/h5-10,13,16H,11-12H2,1-4H3,(H,21,22)/t16-/m0/s1. The van der Waals surface area contributed by atoms with E-state index in [-0.39, 0.29) is 11.2 Å². The Morgan fingerprint density at radius 1 is 1.17 bits per heavy atom. The first kappa shape index (κ1) is 18.4. The summed E-state index contributed by atoms with van der Waals surface area (Å²) in [4.78, 5) is 12.4. The van der Waals surface area contributed by atoms with Gasteiger partial charge in [-0.25, -0.2) is 0 Å². The van der Waals surface area contributed by atoms with Crippen LogP contribution in [-0.2, 0) is 11.2 Å². The zero-order valence-corrected chi connectivity index (χ0v) is 15.6. The summed E-state index contributed by atoms with van der Waals surface area (Å²) in [6.45, 7) is 6.00. The summed E-state index contributed by atoms with van der Waals surface area (Å²) in [5, 5.41) is 2.96. The van der Waals surface area contributed by atoms with E-state index in [2.05, 4.69) is 23.5 Å². The second-order valence-electron chi connectivity index (χ2n) is 5.92. The number of amides is 1. The van der Waals surface area contributed by atoms with Crippen molar-refractivity contribution in [3.8, 4) is 5.75 Å². The quantitative estimate of drug-likeness (QED) is 0.797. The van der Waals surface area contributed by atoms with Crippen LogP contribution in [0.3, 0.4) is 0 Å². The Balaban J connectivity index is 1.81. The Kier molecular flexibility index (Phi) is 6.73. The van der Waals surface area contributed by atoms with Crippen LogP contribution in [0, 0.1) is 13.8 Å². The number of rotatable bonds is 7. The van der Waals surface area contributed by atoms with Crippen molar-refractivity contribution in [2.75, 3.05) is 18.2 Å². The van der Waals surface area contributed by atoms with Crippen LogP contribution < -0.4 is 10.1 Å². The monoisotopic (exact) mass is 343 g/mol. The SMILES string of the molecule is COc1ccc(CCS[C@@H](C)C(=O)Nc2cc(C)ccc2C)cc1. The van der Waals surface area contributed by atoms with Crippen LogP contribution in [0.15, 0.2) is 42.5 Å². The molecule has 1 amide bonds. The Labute approximate surface area is 148 Å². The van der Waals surface area contributed by atoms with E-state index in [0.29, 0.717) is 0 Å². The van der Waals surface area contributed by atoms with Crippen LogP contribution in [0.2, 0.25) is 0 Å². The Morgan fingerprint density at radius 2 is 1.88 bits per heavy atom. The predicted molar refractivity (Wildman–Crippen MR) is 103 cm³/mol. The van der Waals surface area contributed by atoms with Crippen molar-refractivity contribution in [3.63, 3.8) is 0 Å². The van der Waals surface area contributed by atoms with Crippen LogP contribution in [0.1, 0.15) is 23.6 Å². The molecule has 0 heterocycles. The minimum absolute atomic E-state index is 0.0587. The number of thioether (sulfide) groups is 1. The van der Waals surface area contributed by atoms with Gasteiger partial charge in [-0.3, -0.25) is 4.79 Å². The van der Waals surface area contributed by atoms with E-state index in [1.165, 1.54) is 5.56 Å². The van der Waals surface area contributed by atoms with Crippen molar-refractivity contribution < 1.29 is 9.53 Å². The van der Waals surface area contributed by atoms with E-state index in [9.17, 15) is 4.79 Å². The number of benzene rings is 2. The number of anilines is 1. The molecular weight excluding hydrogens is 318 g/mol. The summed E-state index contributed by atoms with van der Waals surface area (Å²) in [6.07, 6.45) is 0.940. The number of hydrogen-bond donors (Lipinski definition) is 1. The molecule has 4 heteroatoms. The maximum Gasteiger partial charge on any atom is 0.237 e. The Hall–Kier alpha value is -1.94. The van der Waals surface area contributed by atoms with Crippen molar-refractivity contribution >= 4 is 23.4 Å². The van der Waals surface area contributed by atoms with E-state index >= 15 is 0 Å². The van der Waals surface area contributed by atoms with E-state index in [1.807, 2.05) is 45.0 Å². The van der Waals surface area contributed by atoms with Gasteiger partial charge in [-0.1, -0.05) is 24.3 Å². The molecule has 0 unspecified atom stereocenters. The summed E-state index contributed by atoms with van der Waals surface area (Å²) < 4.78 is 5.16. The third kappa shape index (κ3) is 5.31. The van der Waals surface area contributed by atoms with Crippen molar-refractivity contribution in [2.24, 2.45) is 0 Å². The number of methoxy groups -OCH3 is 1. The van der Waals surface area contributed by atoms with Crippen LogP contribution >= 0.6 is 11.8 Å². The fourth-order valence-electron chi connectivity index (χ4n) is 2.33. The Morgan fingerprint density at radius 3 is 2.54 bits per heavy atom. The van der Waals surface area contributed by atoms with Crippen molar-refractivity contribution in [3.05, 3.63) is 59.2 Å². The molecule has 0 fully saturated rings. The summed E-state index contributed by atoms with van der Waals surface area (Å²) in [5.74, 6) is 1.84. The lowest BCUT2D eigenvalue weighted by atomic mass is 10.1. The summed E-state index contributed by atoms with van der Waals surface area (Å²) in [5.41, 5.74) is 4.40. The van der Waals surface area contributed by atoms with Crippen LogP contribution in [0.4, 0.5) is 5.69 Å². The molecule has 0 spiro atoms. The second-order valence-corrected chi connectivity index (χ2v) is 7.37. The molecule has 0 bridgehead atoms. The number of aryl methyl sites for hydroxylation is 3. The summed E-state index contributed by atoms with van der Waals surface area (Å²) in [7, 11) is 1.67. The maximum absolute atomic E-state index is 12.4. The van der Waals surface area contributed by atoms with Gasteiger partial charge in [0.1, 0.15) is 5.75 Å². The van der Waals surface area contributed by atoms with Crippen LogP contribution in [0.25, 0.3) is 0 Å². The summed E-state index contributed by atoms with van der Waals surface area (Å²) >= 11 is 1.68. The molecule has 24 heavy (non-hydrogen) atoms. The Bertz CT molecular complexity index is 683. The molecule has 0 saturated heterocycles. The molecule has 0 aliphatic carbocycles. The number of nitrogens with one attached hydrogen (secondary N) is 1. The minimum atomic E-state index is -0.0804. The van der Waals surface area contributed by atoms with Gasteiger partial charge in [0, 0.05) is 5.69 Å². The van der Waals surface area contributed by atoms with Crippen molar-refractivity contribution in [1.29, 1.82) is 0 Å². The third-order valence-corrected chi connectivity index (χ3v) is 5.09. The molecule has 2 aromatic carbocycles. The van der Waals surface area contributed by atoms with E-state index < -0.39 is 0 Å². The van der Waals surface area contributed by atoms with Crippen LogP contribution in [0.5, 0.6) is 5.75 Å². The predicted octanol–water partition coefficient (Wildman–Crippen LogP) is 4.61. The van der Waals surface area contributed by atoms with Gasteiger partial charge in [0.05, 0.1) is 12.4 Å². The lowest BCUT2D eigenvalue weighted by Gasteiger charge is -2.14. The molecule has 3 nitrogen and oxygen atoms in total. The van der Waals surface area contributed by atoms with E-state index in [1.54, 1.807) is 18.9 Å². The van der Waals surface area contributed by atoms with E-state index in [4.69, 9.17) is 4.74 Å². The van der Waals surface area contributed by atoms with Gasteiger partial charge >= 0.3 is 0 Å². The summed E-state index contributed by atoms with van der Waals surface area (Å²) in [6, 6.07) is 14.2. The average molecular weight is 343 g/mol. The van der Waals surface area contributed by atoms with Crippen molar-refractivity contribution in [1.82, 2.24) is 0 Å². The first-order valence-electron chi connectivity index (χ1n) is 8.12. The molecule has 0 aromatic heterocycles. The average Bonchev–Trinajstić information content (AvgIpc) is 2.58. The molecule has 128 valence electrons. The minimum Gasteiger partial charge on any atom is -0.497 e. The van der Waals surface area contributed by atoms with Gasteiger partial charge < -0.3 is 10.1 Å². The normalized spacial score (nSPS) is 11.8. The van der Waals surface area contributed by atoms with Gasteiger partial charge in [0.15, 0.2) is 0 Å². The van der Waals surface area contributed by atoms with Gasteiger partial charge in [0.25, 0.3) is 0 Å². The highest BCUT2D eigenvalue weighted by atomic mass is 32.2. The molecule has 0 aliphatic heterocycles. The number of carbonyl (C=O) groups excluding carboxylic acids is 1. The van der Waals surface area contributed by atoms with E-state index in [0.717, 1.165) is 34.7 Å². The number of ether oxygens (including phenoxy) is 1. The second kappa shape index (κ2) is 8.78. The molecular formula is C20H25NO2S.